The van der Waals surface area contributed by atoms with E-state index >= 15 is 0 Å². The Morgan fingerprint density at radius 1 is 1.23 bits per heavy atom. The second-order valence-corrected chi connectivity index (χ2v) is 5.41. The fourth-order valence-corrected chi connectivity index (χ4v) is 2.19. The van der Waals surface area contributed by atoms with E-state index in [0.717, 1.165) is 6.07 Å². The maximum absolute atomic E-state index is 13.6. The van der Waals surface area contributed by atoms with E-state index in [0.29, 0.717) is 23.2 Å². The van der Waals surface area contributed by atoms with Crippen LogP contribution < -0.4 is 10.6 Å². The van der Waals surface area contributed by atoms with Crippen LogP contribution in [0.15, 0.2) is 45.5 Å². The smallest absolute Gasteiger partial charge is 0.238 e. The normalized spacial score (nSPS) is 10.5. The summed E-state index contributed by atoms with van der Waals surface area (Å²) in [5.74, 6) is -0.233. The summed E-state index contributed by atoms with van der Waals surface area (Å²) in [7, 11) is 0. The minimum absolute atomic E-state index is 0.00436. The molecule has 8 nitrogen and oxygen atoms in total. The number of anilines is 2. The zero-order valence-corrected chi connectivity index (χ0v) is 13.8. The zero-order chi connectivity index (χ0) is 18.5. The molecule has 0 unspecified atom stereocenters. The van der Waals surface area contributed by atoms with Gasteiger partial charge in [0, 0.05) is 25.5 Å². The quantitative estimate of drug-likeness (QED) is 0.701. The largest absolute Gasteiger partial charge is 0.461 e. The predicted octanol–water partition coefficient (Wildman–Crippen LogP) is 3.00. The van der Waals surface area contributed by atoms with E-state index in [2.05, 4.69) is 20.8 Å². The molecule has 3 rings (SSSR count). The third kappa shape index (κ3) is 4.32. The molecule has 26 heavy (non-hydrogen) atoms. The van der Waals surface area contributed by atoms with E-state index in [1.54, 1.807) is 12.1 Å². The lowest BCUT2D eigenvalue weighted by molar-refractivity contribution is -0.116. The number of amides is 2. The first kappa shape index (κ1) is 17.3. The van der Waals surface area contributed by atoms with Gasteiger partial charge < -0.3 is 19.6 Å². The van der Waals surface area contributed by atoms with Crippen LogP contribution in [-0.2, 0) is 16.0 Å². The van der Waals surface area contributed by atoms with Crippen molar-refractivity contribution in [3.63, 3.8) is 0 Å². The number of aryl methyl sites for hydroxylation is 1. The molecule has 2 aromatic heterocycles. The lowest BCUT2D eigenvalue weighted by atomic mass is 10.2. The first-order valence-electron chi connectivity index (χ1n) is 7.75. The fourth-order valence-electron chi connectivity index (χ4n) is 2.19. The molecule has 0 radical (unpaired) electrons. The highest BCUT2D eigenvalue weighted by Gasteiger charge is 2.13. The van der Waals surface area contributed by atoms with Gasteiger partial charge in [0.25, 0.3) is 0 Å². The van der Waals surface area contributed by atoms with Crippen molar-refractivity contribution >= 4 is 23.2 Å². The van der Waals surface area contributed by atoms with Gasteiger partial charge in [0.2, 0.25) is 23.5 Å². The van der Waals surface area contributed by atoms with Crippen molar-refractivity contribution in [3.05, 3.63) is 48.3 Å². The number of nitrogens with one attached hydrogen (secondary N) is 2. The predicted molar refractivity (Wildman–Crippen MR) is 89.7 cm³/mol. The third-order valence-electron chi connectivity index (χ3n) is 3.34. The van der Waals surface area contributed by atoms with Crippen molar-refractivity contribution in [2.24, 2.45) is 0 Å². The molecule has 0 aliphatic rings. The molecule has 0 spiro atoms. The Bertz CT molecular complexity index is 921. The molecule has 0 fully saturated rings. The van der Waals surface area contributed by atoms with Crippen LogP contribution in [0.5, 0.6) is 0 Å². The lowest BCUT2D eigenvalue weighted by Gasteiger charge is -2.08. The average Bonchev–Trinajstić information content (AvgIpc) is 3.26. The van der Waals surface area contributed by atoms with Gasteiger partial charge in [-0.15, -0.1) is 0 Å². The summed E-state index contributed by atoms with van der Waals surface area (Å²) in [5.41, 5.74) is 0.359. The van der Waals surface area contributed by atoms with Crippen molar-refractivity contribution in [1.82, 2.24) is 10.1 Å². The Kier molecular flexibility index (Phi) is 5.07. The van der Waals surface area contributed by atoms with Gasteiger partial charge in [-0.1, -0.05) is 5.16 Å². The number of furan rings is 1. The fraction of sp³-hybridized carbons (Fsp3) is 0.176. The summed E-state index contributed by atoms with van der Waals surface area (Å²) in [4.78, 5) is 27.2. The number of benzene rings is 1. The van der Waals surface area contributed by atoms with Gasteiger partial charge in [0.1, 0.15) is 5.82 Å². The van der Waals surface area contributed by atoms with Gasteiger partial charge in [-0.05, 0) is 30.3 Å². The second-order valence-electron chi connectivity index (χ2n) is 5.41. The summed E-state index contributed by atoms with van der Waals surface area (Å²) >= 11 is 0. The molecule has 2 N–H and O–H groups in total. The molecule has 134 valence electrons. The van der Waals surface area contributed by atoms with Crippen molar-refractivity contribution in [2.45, 2.75) is 19.8 Å². The van der Waals surface area contributed by atoms with E-state index in [-0.39, 0.29) is 24.4 Å². The van der Waals surface area contributed by atoms with Gasteiger partial charge in [-0.25, -0.2) is 4.39 Å². The summed E-state index contributed by atoms with van der Waals surface area (Å²) in [6, 6.07) is 7.31. The molecule has 0 atom stereocenters. The van der Waals surface area contributed by atoms with Crippen molar-refractivity contribution in [2.75, 3.05) is 10.6 Å². The van der Waals surface area contributed by atoms with Crippen LogP contribution in [0.2, 0.25) is 0 Å². The van der Waals surface area contributed by atoms with E-state index in [1.165, 1.54) is 25.3 Å². The van der Waals surface area contributed by atoms with Crippen LogP contribution in [0.1, 0.15) is 19.2 Å². The van der Waals surface area contributed by atoms with Crippen LogP contribution in [-0.4, -0.2) is 22.0 Å². The van der Waals surface area contributed by atoms with Crippen LogP contribution in [0.4, 0.5) is 15.8 Å². The van der Waals surface area contributed by atoms with Crippen LogP contribution >= 0.6 is 0 Å². The number of rotatable bonds is 6. The SMILES string of the molecule is CC(=O)Nc1cc(NC(=O)CCc2nc(-c3ccco3)no2)ccc1F. The van der Waals surface area contributed by atoms with Gasteiger partial charge in [0.05, 0.1) is 12.0 Å². The maximum Gasteiger partial charge on any atom is 0.238 e. The number of halogens is 1. The standard InChI is InChI=1S/C17H15FN4O4/c1-10(23)19-13-9-11(4-5-12(13)18)20-15(24)6-7-16-21-17(22-26-16)14-3-2-8-25-14/h2-5,8-9H,6-7H2,1H3,(H,19,23)(H,20,24). The highest BCUT2D eigenvalue weighted by atomic mass is 19.1. The van der Waals surface area contributed by atoms with E-state index < -0.39 is 11.7 Å². The Labute approximate surface area is 147 Å². The first-order valence-corrected chi connectivity index (χ1v) is 7.75. The van der Waals surface area contributed by atoms with Gasteiger partial charge in [-0.2, -0.15) is 4.98 Å². The van der Waals surface area contributed by atoms with E-state index in [9.17, 15) is 14.0 Å². The highest BCUT2D eigenvalue weighted by Crippen LogP contribution is 2.20. The van der Waals surface area contributed by atoms with Gasteiger partial charge in [-0.3, -0.25) is 9.59 Å². The van der Waals surface area contributed by atoms with Crippen molar-refractivity contribution in [3.8, 4) is 11.6 Å². The molecule has 9 heteroatoms. The number of carbonyl (C=O) groups is 2. The molecule has 0 saturated heterocycles. The number of aromatic nitrogens is 2. The molecular weight excluding hydrogens is 343 g/mol. The van der Waals surface area contributed by atoms with E-state index in [1.807, 2.05) is 0 Å². The number of hydrogen-bond donors (Lipinski definition) is 2. The van der Waals surface area contributed by atoms with Crippen LogP contribution in [0.3, 0.4) is 0 Å². The monoisotopic (exact) mass is 358 g/mol. The summed E-state index contributed by atoms with van der Waals surface area (Å²) < 4.78 is 23.8. The molecule has 2 heterocycles. The van der Waals surface area contributed by atoms with Crippen LogP contribution in [0, 0.1) is 5.82 Å². The molecule has 3 aromatic rings. The Balaban J connectivity index is 1.57. The summed E-state index contributed by atoms with van der Waals surface area (Å²) in [6.45, 7) is 1.27. The van der Waals surface area contributed by atoms with Crippen molar-refractivity contribution < 1.29 is 22.9 Å². The number of nitrogens with zero attached hydrogens (tertiary/aromatic N) is 2. The molecule has 2 amide bonds. The summed E-state index contributed by atoms with van der Waals surface area (Å²) in [5, 5.41) is 8.75. The Hall–Kier alpha value is -3.49. The van der Waals surface area contributed by atoms with Gasteiger partial charge >= 0.3 is 0 Å². The molecule has 0 aliphatic carbocycles. The first-order chi connectivity index (χ1) is 12.5. The molecular formula is C17H15FN4O4. The summed E-state index contributed by atoms with van der Waals surface area (Å²) in [6.07, 6.45) is 1.82. The number of hydrogen-bond acceptors (Lipinski definition) is 6. The number of carbonyl (C=O) groups excluding carboxylic acids is 2. The average molecular weight is 358 g/mol. The highest BCUT2D eigenvalue weighted by molar-refractivity contribution is 5.93. The van der Waals surface area contributed by atoms with Crippen LogP contribution in [0.25, 0.3) is 11.6 Å². The van der Waals surface area contributed by atoms with Gasteiger partial charge in [0.15, 0.2) is 5.76 Å². The molecule has 1 aromatic carbocycles. The second kappa shape index (κ2) is 7.60. The maximum atomic E-state index is 13.6. The topological polar surface area (TPSA) is 110 Å². The minimum Gasteiger partial charge on any atom is -0.461 e. The zero-order valence-electron chi connectivity index (χ0n) is 13.8. The Morgan fingerprint density at radius 2 is 2.08 bits per heavy atom. The minimum atomic E-state index is -0.588. The Morgan fingerprint density at radius 3 is 2.81 bits per heavy atom. The van der Waals surface area contributed by atoms with E-state index in [4.69, 9.17) is 8.94 Å². The lowest BCUT2D eigenvalue weighted by Crippen LogP contribution is -2.13. The molecule has 0 saturated carbocycles. The molecule has 0 bridgehead atoms. The van der Waals surface area contributed by atoms with Crippen molar-refractivity contribution in [1.29, 1.82) is 0 Å². The molecule has 0 aliphatic heterocycles. The third-order valence-corrected chi connectivity index (χ3v) is 3.34.